The van der Waals surface area contributed by atoms with Gasteiger partial charge in [-0.05, 0) is 12.0 Å². The summed E-state index contributed by atoms with van der Waals surface area (Å²) in [5.41, 5.74) is 1.11. The second-order valence-electron chi connectivity index (χ2n) is 2.70. The Bertz CT molecular complexity index is 265. The highest BCUT2D eigenvalue weighted by Gasteiger charge is 2.31. The Labute approximate surface area is 69.0 Å². The second-order valence-corrected chi connectivity index (χ2v) is 3.76. The zero-order chi connectivity index (χ0) is 7.84. The minimum absolute atomic E-state index is 0.218. The first-order valence-electron chi connectivity index (χ1n) is 3.54. The van der Waals surface area contributed by atoms with Crippen molar-refractivity contribution in [3.63, 3.8) is 0 Å². The SMILES string of the molecule is O=C(O)C1CSC2=C1CC=C2. The number of rotatable bonds is 1. The number of thioether (sulfide) groups is 1. The van der Waals surface area contributed by atoms with Crippen molar-refractivity contribution in [3.8, 4) is 0 Å². The highest BCUT2D eigenvalue weighted by atomic mass is 32.2. The maximum atomic E-state index is 10.7. The standard InChI is InChI=1S/C8H8O2S/c9-8(10)6-4-11-7-3-1-2-5(6)7/h1,3,6H,2,4H2,(H,9,10). The maximum absolute atomic E-state index is 10.7. The molecule has 0 spiro atoms. The van der Waals surface area contributed by atoms with Crippen LogP contribution in [0.3, 0.4) is 0 Å². The smallest absolute Gasteiger partial charge is 0.311 e. The predicted octanol–water partition coefficient (Wildman–Crippen LogP) is 1.65. The van der Waals surface area contributed by atoms with E-state index in [1.54, 1.807) is 11.8 Å². The van der Waals surface area contributed by atoms with Crippen molar-refractivity contribution in [2.45, 2.75) is 6.42 Å². The van der Waals surface area contributed by atoms with Gasteiger partial charge in [-0.25, -0.2) is 0 Å². The molecule has 1 N–H and O–H groups in total. The van der Waals surface area contributed by atoms with Crippen molar-refractivity contribution >= 4 is 17.7 Å². The van der Waals surface area contributed by atoms with E-state index in [4.69, 9.17) is 5.11 Å². The van der Waals surface area contributed by atoms with Crippen molar-refractivity contribution < 1.29 is 9.90 Å². The molecule has 0 aromatic rings. The molecule has 1 unspecified atom stereocenters. The Hall–Kier alpha value is -0.700. The maximum Gasteiger partial charge on any atom is 0.311 e. The van der Waals surface area contributed by atoms with Gasteiger partial charge < -0.3 is 5.11 Å². The van der Waals surface area contributed by atoms with E-state index < -0.39 is 5.97 Å². The minimum Gasteiger partial charge on any atom is -0.481 e. The summed E-state index contributed by atoms with van der Waals surface area (Å²) in [5, 5.41) is 8.79. The largest absolute Gasteiger partial charge is 0.481 e. The monoisotopic (exact) mass is 168 g/mol. The van der Waals surface area contributed by atoms with Crippen molar-refractivity contribution in [1.82, 2.24) is 0 Å². The van der Waals surface area contributed by atoms with Gasteiger partial charge in [-0.15, -0.1) is 11.8 Å². The number of carbonyl (C=O) groups is 1. The molecule has 0 saturated carbocycles. The van der Waals surface area contributed by atoms with Crippen LogP contribution in [0.15, 0.2) is 22.6 Å². The average Bonchev–Trinajstić information content (AvgIpc) is 2.41. The molecule has 2 nitrogen and oxygen atoms in total. The summed E-state index contributed by atoms with van der Waals surface area (Å²) in [5.74, 6) is -0.166. The third kappa shape index (κ3) is 0.997. The van der Waals surface area contributed by atoms with Gasteiger partial charge in [0.15, 0.2) is 0 Å². The predicted molar refractivity (Wildman–Crippen MR) is 44.4 cm³/mol. The highest BCUT2D eigenvalue weighted by Crippen LogP contribution is 2.42. The Kier molecular flexibility index (Phi) is 1.53. The number of aliphatic carboxylic acids is 1. The minimum atomic E-state index is -0.675. The molecule has 0 saturated heterocycles. The van der Waals surface area contributed by atoms with Crippen LogP contribution in [0.5, 0.6) is 0 Å². The Morgan fingerprint density at radius 2 is 2.55 bits per heavy atom. The Balaban J connectivity index is 2.25. The summed E-state index contributed by atoms with van der Waals surface area (Å²) >= 11 is 1.66. The molecule has 2 rings (SSSR count). The van der Waals surface area contributed by atoms with Crippen LogP contribution in [-0.2, 0) is 4.79 Å². The van der Waals surface area contributed by atoms with Gasteiger partial charge >= 0.3 is 5.97 Å². The summed E-state index contributed by atoms with van der Waals surface area (Å²) in [6.45, 7) is 0. The number of hydrogen-bond acceptors (Lipinski definition) is 2. The summed E-state index contributed by atoms with van der Waals surface area (Å²) in [4.78, 5) is 11.9. The fourth-order valence-electron chi connectivity index (χ4n) is 1.45. The van der Waals surface area contributed by atoms with Crippen molar-refractivity contribution in [2.75, 3.05) is 5.75 Å². The molecule has 0 bridgehead atoms. The lowest BCUT2D eigenvalue weighted by atomic mass is 10.0. The average molecular weight is 168 g/mol. The van der Waals surface area contributed by atoms with Gasteiger partial charge in [-0.2, -0.15) is 0 Å². The van der Waals surface area contributed by atoms with Gasteiger partial charge in [0.25, 0.3) is 0 Å². The third-order valence-corrected chi connectivity index (χ3v) is 3.26. The van der Waals surface area contributed by atoms with Crippen molar-refractivity contribution in [1.29, 1.82) is 0 Å². The number of hydrogen-bond donors (Lipinski definition) is 1. The van der Waals surface area contributed by atoms with Gasteiger partial charge in [0.1, 0.15) is 0 Å². The van der Waals surface area contributed by atoms with Crippen LogP contribution in [0, 0.1) is 5.92 Å². The van der Waals surface area contributed by atoms with Crippen LogP contribution in [0.4, 0.5) is 0 Å². The molecule has 0 radical (unpaired) electrons. The molecule has 3 heteroatoms. The first kappa shape index (κ1) is 6.98. The molecular weight excluding hydrogens is 160 g/mol. The van der Waals surface area contributed by atoms with Crippen molar-refractivity contribution in [2.24, 2.45) is 5.92 Å². The quantitative estimate of drug-likeness (QED) is 0.646. The Morgan fingerprint density at radius 3 is 3.27 bits per heavy atom. The first-order valence-corrected chi connectivity index (χ1v) is 4.53. The van der Waals surface area contributed by atoms with E-state index in [0.717, 1.165) is 17.7 Å². The second kappa shape index (κ2) is 2.41. The molecular formula is C8H8O2S. The molecule has 0 aromatic heterocycles. The van der Waals surface area contributed by atoms with Gasteiger partial charge in [-0.1, -0.05) is 12.2 Å². The molecule has 0 aromatic carbocycles. The summed E-state index contributed by atoms with van der Waals surface area (Å²) in [6, 6.07) is 0. The lowest BCUT2D eigenvalue weighted by molar-refractivity contribution is -0.139. The van der Waals surface area contributed by atoms with Crippen LogP contribution < -0.4 is 0 Å². The van der Waals surface area contributed by atoms with E-state index in [0.29, 0.717) is 0 Å². The van der Waals surface area contributed by atoms with Crippen LogP contribution in [0.2, 0.25) is 0 Å². The van der Waals surface area contributed by atoms with E-state index in [-0.39, 0.29) is 5.92 Å². The van der Waals surface area contributed by atoms with E-state index >= 15 is 0 Å². The fourth-order valence-corrected chi connectivity index (χ4v) is 2.74. The molecule has 11 heavy (non-hydrogen) atoms. The van der Waals surface area contributed by atoms with E-state index in [9.17, 15) is 4.79 Å². The van der Waals surface area contributed by atoms with Gasteiger partial charge in [0.05, 0.1) is 5.92 Å². The molecule has 1 aliphatic heterocycles. The van der Waals surface area contributed by atoms with E-state index in [1.807, 2.05) is 12.2 Å². The first-order chi connectivity index (χ1) is 5.29. The highest BCUT2D eigenvalue weighted by molar-refractivity contribution is 8.03. The summed E-state index contributed by atoms with van der Waals surface area (Å²) < 4.78 is 0. The van der Waals surface area contributed by atoms with Gasteiger partial charge in [0.2, 0.25) is 0 Å². The summed E-state index contributed by atoms with van der Waals surface area (Å²) in [7, 11) is 0. The topological polar surface area (TPSA) is 37.3 Å². The zero-order valence-electron chi connectivity index (χ0n) is 5.91. The third-order valence-electron chi connectivity index (χ3n) is 2.05. The lowest BCUT2D eigenvalue weighted by Gasteiger charge is -2.04. The normalized spacial score (nSPS) is 27.8. The molecule has 1 heterocycles. The van der Waals surface area contributed by atoms with Gasteiger partial charge in [-0.3, -0.25) is 4.79 Å². The van der Waals surface area contributed by atoms with Crippen LogP contribution >= 0.6 is 11.8 Å². The fraction of sp³-hybridized carbons (Fsp3) is 0.375. The molecule has 0 amide bonds. The Morgan fingerprint density at radius 1 is 1.73 bits per heavy atom. The number of carboxylic acids is 1. The van der Waals surface area contributed by atoms with Gasteiger partial charge in [0, 0.05) is 10.7 Å². The lowest BCUT2D eigenvalue weighted by Crippen LogP contribution is -2.14. The van der Waals surface area contributed by atoms with Crippen LogP contribution in [-0.4, -0.2) is 16.8 Å². The molecule has 2 aliphatic rings. The zero-order valence-corrected chi connectivity index (χ0v) is 6.73. The van der Waals surface area contributed by atoms with E-state index in [1.165, 1.54) is 4.91 Å². The molecule has 1 aliphatic carbocycles. The van der Waals surface area contributed by atoms with Crippen molar-refractivity contribution in [3.05, 3.63) is 22.6 Å². The summed E-state index contributed by atoms with van der Waals surface area (Å²) in [6.07, 6.45) is 4.91. The molecule has 0 fully saturated rings. The number of allylic oxidation sites excluding steroid dienone is 2. The molecule has 1 atom stereocenters. The molecule has 58 valence electrons. The van der Waals surface area contributed by atoms with Crippen LogP contribution in [0.1, 0.15) is 6.42 Å². The number of carboxylic acid groups (broad SMARTS) is 1. The van der Waals surface area contributed by atoms with Crippen LogP contribution in [0.25, 0.3) is 0 Å². The van der Waals surface area contributed by atoms with E-state index in [2.05, 4.69) is 0 Å².